The summed E-state index contributed by atoms with van der Waals surface area (Å²) < 4.78 is 0. The maximum absolute atomic E-state index is 11.2. The summed E-state index contributed by atoms with van der Waals surface area (Å²) in [5.74, 6) is 0.844. The molecule has 76 valence electrons. The van der Waals surface area contributed by atoms with E-state index < -0.39 is 0 Å². The first-order chi connectivity index (χ1) is 6.22. The minimum absolute atomic E-state index is 0.0909. The molecule has 0 aliphatic heterocycles. The first-order valence-electron chi connectivity index (χ1n) is 5.12. The Hall–Kier alpha value is -0.570. The lowest BCUT2D eigenvalue weighted by atomic mass is 10.1. The highest BCUT2D eigenvalue weighted by Crippen LogP contribution is 2.24. The van der Waals surface area contributed by atoms with Gasteiger partial charge in [-0.05, 0) is 31.6 Å². The fourth-order valence-corrected chi connectivity index (χ4v) is 1.88. The summed E-state index contributed by atoms with van der Waals surface area (Å²) in [5.41, 5.74) is 0. The molecule has 3 nitrogen and oxygen atoms in total. The maximum atomic E-state index is 11.2. The summed E-state index contributed by atoms with van der Waals surface area (Å²) in [6, 6.07) is 0.390. The van der Waals surface area contributed by atoms with Gasteiger partial charge in [-0.25, -0.2) is 0 Å². The molecule has 0 heterocycles. The second-order valence-electron chi connectivity index (χ2n) is 4.01. The van der Waals surface area contributed by atoms with E-state index in [0.29, 0.717) is 18.9 Å². The van der Waals surface area contributed by atoms with Crippen LogP contribution in [0.2, 0.25) is 0 Å². The number of hydrogen-bond donors (Lipinski definition) is 2. The summed E-state index contributed by atoms with van der Waals surface area (Å²) in [6.45, 7) is 2.33. The van der Waals surface area contributed by atoms with Crippen molar-refractivity contribution in [1.29, 1.82) is 0 Å². The smallest absolute Gasteiger partial charge is 0.220 e. The Bertz CT molecular complexity index is 170. The number of amides is 1. The molecule has 1 saturated carbocycles. The Kier molecular flexibility index (Phi) is 4.22. The second-order valence-corrected chi connectivity index (χ2v) is 4.01. The van der Waals surface area contributed by atoms with E-state index in [1.807, 2.05) is 0 Å². The van der Waals surface area contributed by atoms with Gasteiger partial charge < -0.3 is 10.4 Å². The van der Waals surface area contributed by atoms with Crippen LogP contribution in [0.15, 0.2) is 0 Å². The van der Waals surface area contributed by atoms with Crippen molar-refractivity contribution in [3.05, 3.63) is 0 Å². The van der Waals surface area contributed by atoms with Gasteiger partial charge in [-0.2, -0.15) is 0 Å². The molecule has 2 N–H and O–H groups in total. The molecule has 0 radical (unpaired) electrons. The molecule has 1 amide bonds. The lowest BCUT2D eigenvalue weighted by Crippen LogP contribution is -2.32. The number of aliphatic hydroxyl groups excluding tert-OH is 1. The standard InChI is InChI=1S/C10H19NO2/c1-8-4-5-9(7-8)11-10(13)3-2-6-12/h8-9,12H,2-7H2,1H3,(H,11,13). The summed E-state index contributed by atoms with van der Waals surface area (Å²) in [7, 11) is 0. The predicted molar refractivity (Wildman–Crippen MR) is 51.3 cm³/mol. The number of aliphatic hydroxyl groups is 1. The van der Waals surface area contributed by atoms with Gasteiger partial charge in [-0.1, -0.05) is 6.92 Å². The van der Waals surface area contributed by atoms with Crippen LogP contribution in [0, 0.1) is 5.92 Å². The molecular formula is C10H19NO2. The van der Waals surface area contributed by atoms with Gasteiger partial charge in [0.25, 0.3) is 0 Å². The van der Waals surface area contributed by atoms with Crippen LogP contribution in [-0.4, -0.2) is 23.7 Å². The van der Waals surface area contributed by atoms with Crippen molar-refractivity contribution >= 4 is 5.91 Å². The summed E-state index contributed by atoms with van der Waals surface area (Å²) in [6.07, 6.45) is 4.50. The van der Waals surface area contributed by atoms with Gasteiger partial charge in [0.2, 0.25) is 5.91 Å². The van der Waals surface area contributed by atoms with E-state index >= 15 is 0 Å². The van der Waals surface area contributed by atoms with Crippen LogP contribution in [0.25, 0.3) is 0 Å². The summed E-state index contributed by atoms with van der Waals surface area (Å²) >= 11 is 0. The molecule has 1 aliphatic rings. The van der Waals surface area contributed by atoms with Gasteiger partial charge in [-0.3, -0.25) is 4.79 Å². The first-order valence-corrected chi connectivity index (χ1v) is 5.12. The van der Waals surface area contributed by atoms with Crippen LogP contribution in [-0.2, 0) is 4.79 Å². The number of nitrogens with one attached hydrogen (secondary N) is 1. The molecule has 0 aromatic carbocycles. The number of rotatable bonds is 4. The molecule has 3 heteroatoms. The summed E-state index contributed by atoms with van der Waals surface area (Å²) in [4.78, 5) is 11.2. The van der Waals surface area contributed by atoms with Crippen molar-refractivity contribution in [1.82, 2.24) is 5.32 Å². The lowest BCUT2D eigenvalue weighted by molar-refractivity contribution is -0.122. The van der Waals surface area contributed by atoms with E-state index in [2.05, 4.69) is 12.2 Å². The van der Waals surface area contributed by atoms with E-state index in [1.54, 1.807) is 0 Å². The maximum Gasteiger partial charge on any atom is 0.220 e. The zero-order chi connectivity index (χ0) is 9.68. The van der Waals surface area contributed by atoms with Crippen molar-refractivity contribution in [3.63, 3.8) is 0 Å². The van der Waals surface area contributed by atoms with E-state index in [0.717, 1.165) is 18.8 Å². The van der Waals surface area contributed by atoms with E-state index in [9.17, 15) is 4.79 Å². The zero-order valence-corrected chi connectivity index (χ0v) is 8.25. The van der Waals surface area contributed by atoms with Crippen LogP contribution in [0.5, 0.6) is 0 Å². The predicted octanol–water partition coefficient (Wildman–Crippen LogP) is 1.06. The molecule has 0 aromatic rings. The van der Waals surface area contributed by atoms with Crippen molar-refractivity contribution in [2.75, 3.05) is 6.61 Å². The molecule has 0 spiro atoms. The van der Waals surface area contributed by atoms with E-state index in [-0.39, 0.29) is 12.5 Å². The third-order valence-corrected chi connectivity index (χ3v) is 2.62. The fourth-order valence-electron chi connectivity index (χ4n) is 1.88. The van der Waals surface area contributed by atoms with Crippen LogP contribution < -0.4 is 5.32 Å². The molecule has 13 heavy (non-hydrogen) atoms. The van der Waals surface area contributed by atoms with Crippen LogP contribution in [0.1, 0.15) is 39.0 Å². The molecule has 0 saturated heterocycles. The molecule has 1 fully saturated rings. The largest absolute Gasteiger partial charge is 0.396 e. The quantitative estimate of drug-likeness (QED) is 0.688. The highest BCUT2D eigenvalue weighted by atomic mass is 16.3. The highest BCUT2D eigenvalue weighted by Gasteiger charge is 2.22. The third kappa shape index (κ3) is 3.77. The van der Waals surface area contributed by atoms with E-state index in [4.69, 9.17) is 5.11 Å². The van der Waals surface area contributed by atoms with Crippen molar-refractivity contribution in [2.24, 2.45) is 5.92 Å². The van der Waals surface area contributed by atoms with E-state index in [1.165, 1.54) is 6.42 Å². The number of hydrogen-bond acceptors (Lipinski definition) is 2. The Morgan fingerprint density at radius 3 is 2.85 bits per heavy atom. The Morgan fingerprint density at radius 1 is 1.54 bits per heavy atom. The van der Waals surface area contributed by atoms with Gasteiger partial charge in [0.15, 0.2) is 0 Å². The van der Waals surface area contributed by atoms with Gasteiger partial charge >= 0.3 is 0 Å². The monoisotopic (exact) mass is 185 g/mol. The number of carbonyl (C=O) groups excluding carboxylic acids is 1. The van der Waals surface area contributed by atoms with Crippen molar-refractivity contribution < 1.29 is 9.90 Å². The van der Waals surface area contributed by atoms with Crippen LogP contribution >= 0.6 is 0 Å². The third-order valence-electron chi connectivity index (χ3n) is 2.62. The minimum Gasteiger partial charge on any atom is -0.396 e. The van der Waals surface area contributed by atoms with Crippen molar-refractivity contribution in [2.45, 2.75) is 45.1 Å². The SMILES string of the molecule is CC1CCC(NC(=O)CCCO)C1. The van der Waals surface area contributed by atoms with Gasteiger partial charge in [0.1, 0.15) is 0 Å². The zero-order valence-electron chi connectivity index (χ0n) is 8.25. The lowest BCUT2D eigenvalue weighted by Gasteiger charge is -2.11. The Morgan fingerprint density at radius 2 is 2.31 bits per heavy atom. The van der Waals surface area contributed by atoms with Gasteiger partial charge in [-0.15, -0.1) is 0 Å². The minimum atomic E-state index is 0.0909. The molecule has 0 aromatic heterocycles. The summed E-state index contributed by atoms with van der Waals surface area (Å²) in [5, 5.41) is 11.5. The van der Waals surface area contributed by atoms with Crippen molar-refractivity contribution in [3.8, 4) is 0 Å². The molecule has 2 unspecified atom stereocenters. The number of carbonyl (C=O) groups is 1. The van der Waals surface area contributed by atoms with Crippen LogP contribution in [0.4, 0.5) is 0 Å². The molecule has 2 atom stereocenters. The Labute approximate surface area is 79.5 Å². The molecule has 1 rings (SSSR count). The Balaban J connectivity index is 2.13. The average molecular weight is 185 g/mol. The average Bonchev–Trinajstić information content (AvgIpc) is 2.48. The molecular weight excluding hydrogens is 166 g/mol. The van der Waals surface area contributed by atoms with Crippen LogP contribution in [0.3, 0.4) is 0 Å². The normalized spacial score (nSPS) is 27.5. The second kappa shape index (κ2) is 5.22. The topological polar surface area (TPSA) is 49.3 Å². The highest BCUT2D eigenvalue weighted by molar-refractivity contribution is 5.76. The first kappa shape index (κ1) is 10.5. The molecule has 1 aliphatic carbocycles. The molecule has 0 bridgehead atoms. The van der Waals surface area contributed by atoms with Gasteiger partial charge in [0, 0.05) is 19.1 Å². The van der Waals surface area contributed by atoms with Gasteiger partial charge in [0.05, 0.1) is 0 Å². The fraction of sp³-hybridized carbons (Fsp3) is 0.900.